The van der Waals surface area contributed by atoms with Gasteiger partial charge in [-0.3, -0.25) is 29.4 Å². The van der Waals surface area contributed by atoms with Crippen molar-refractivity contribution < 1.29 is 14.3 Å². The first kappa shape index (κ1) is 25.4. The number of carbonyl (C=O) groups excluding carboxylic acids is 1. The third-order valence-corrected chi connectivity index (χ3v) is 6.30. The fourth-order valence-corrected chi connectivity index (χ4v) is 4.30. The van der Waals surface area contributed by atoms with Gasteiger partial charge in [-0.25, -0.2) is 4.98 Å². The SMILES string of the molecule is COc1ccc2c(Oc3ccc(N(C(=O)c4cc(-c5cnccn5)c[nH]c4=O)c4ccccc4)nc3)ccnc2c1. The van der Waals surface area contributed by atoms with Gasteiger partial charge >= 0.3 is 0 Å². The number of H-pyrrole nitrogens is 1. The first-order valence-corrected chi connectivity index (χ1v) is 12.6. The third kappa shape index (κ3) is 5.21. The number of amides is 1. The van der Waals surface area contributed by atoms with Crippen molar-refractivity contribution in [2.24, 2.45) is 0 Å². The largest absolute Gasteiger partial charge is 0.497 e. The number of methoxy groups -OCH3 is 1. The molecule has 10 nitrogen and oxygen atoms in total. The van der Waals surface area contributed by atoms with Gasteiger partial charge in [0.15, 0.2) is 0 Å². The van der Waals surface area contributed by atoms with Crippen molar-refractivity contribution in [2.45, 2.75) is 0 Å². The molecule has 6 rings (SSSR count). The van der Waals surface area contributed by atoms with Crippen LogP contribution in [0, 0.1) is 0 Å². The number of nitrogens with zero attached hydrogens (tertiary/aromatic N) is 5. The van der Waals surface area contributed by atoms with Gasteiger partial charge < -0.3 is 14.5 Å². The fraction of sp³-hybridized carbons (Fsp3) is 0.0323. The Morgan fingerprint density at radius 1 is 0.854 bits per heavy atom. The lowest BCUT2D eigenvalue weighted by molar-refractivity contribution is 0.0997. The molecule has 0 saturated heterocycles. The number of carbonyl (C=O) groups is 1. The average Bonchev–Trinajstić information content (AvgIpc) is 3.03. The fourth-order valence-electron chi connectivity index (χ4n) is 4.30. The minimum atomic E-state index is -0.557. The molecule has 200 valence electrons. The second kappa shape index (κ2) is 11.1. The van der Waals surface area contributed by atoms with Crippen molar-refractivity contribution in [3.8, 4) is 28.5 Å². The number of benzene rings is 2. The Balaban J connectivity index is 1.34. The van der Waals surface area contributed by atoms with Gasteiger partial charge in [-0.2, -0.15) is 0 Å². The van der Waals surface area contributed by atoms with Gasteiger partial charge in [0.25, 0.3) is 11.5 Å². The zero-order valence-electron chi connectivity index (χ0n) is 21.8. The summed E-state index contributed by atoms with van der Waals surface area (Å²) in [7, 11) is 1.60. The van der Waals surface area contributed by atoms with Gasteiger partial charge in [-0.1, -0.05) is 18.2 Å². The molecule has 0 spiro atoms. The number of pyridine rings is 3. The molecular formula is C31H22N6O4. The summed E-state index contributed by atoms with van der Waals surface area (Å²) in [5.41, 5.74) is 1.72. The van der Waals surface area contributed by atoms with E-state index in [2.05, 4.69) is 24.9 Å². The molecule has 0 bridgehead atoms. The van der Waals surface area contributed by atoms with Crippen LogP contribution in [0.4, 0.5) is 11.5 Å². The van der Waals surface area contributed by atoms with Crippen molar-refractivity contribution in [1.29, 1.82) is 0 Å². The van der Waals surface area contributed by atoms with Crippen LogP contribution in [0.3, 0.4) is 0 Å². The van der Waals surface area contributed by atoms with Gasteiger partial charge in [-0.15, -0.1) is 0 Å². The normalized spacial score (nSPS) is 10.8. The van der Waals surface area contributed by atoms with Crippen LogP contribution in [0.2, 0.25) is 0 Å². The third-order valence-electron chi connectivity index (χ3n) is 6.30. The molecule has 0 unspecified atom stereocenters. The summed E-state index contributed by atoms with van der Waals surface area (Å²) in [5.74, 6) is 1.50. The summed E-state index contributed by atoms with van der Waals surface area (Å²) in [4.78, 5) is 48.0. The summed E-state index contributed by atoms with van der Waals surface area (Å²) in [5, 5.41) is 0.806. The Hall–Kier alpha value is -5.90. The Morgan fingerprint density at radius 2 is 1.71 bits per heavy atom. The molecule has 0 aliphatic rings. The maximum atomic E-state index is 13.9. The van der Waals surface area contributed by atoms with Crippen molar-refractivity contribution in [2.75, 3.05) is 12.0 Å². The van der Waals surface area contributed by atoms with E-state index < -0.39 is 11.5 Å². The predicted octanol–water partition coefficient (Wildman–Crippen LogP) is 5.55. The minimum Gasteiger partial charge on any atom is -0.497 e. The lowest BCUT2D eigenvalue weighted by atomic mass is 10.1. The van der Waals surface area contributed by atoms with Gasteiger partial charge in [0.1, 0.15) is 28.6 Å². The molecule has 4 heterocycles. The molecule has 41 heavy (non-hydrogen) atoms. The van der Waals surface area contributed by atoms with Crippen LogP contribution in [0.5, 0.6) is 17.2 Å². The highest BCUT2D eigenvalue weighted by Gasteiger charge is 2.24. The number of aromatic amines is 1. The van der Waals surface area contributed by atoms with E-state index in [9.17, 15) is 9.59 Å². The van der Waals surface area contributed by atoms with Gasteiger partial charge in [0.2, 0.25) is 0 Å². The topological polar surface area (TPSA) is 123 Å². The number of hydrogen-bond donors (Lipinski definition) is 1. The number of aromatic nitrogens is 5. The van der Waals surface area contributed by atoms with Crippen LogP contribution in [0.25, 0.3) is 22.2 Å². The lowest BCUT2D eigenvalue weighted by Gasteiger charge is -2.22. The quantitative estimate of drug-likeness (QED) is 0.278. The number of anilines is 2. The maximum absolute atomic E-state index is 13.9. The molecule has 4 aromatic heterocycles. The Labute approximate surface area is 233 Å². The Bertz CT molecular complexity index is 1890. The zero-order valence-corrected chi connectivity index (χ0v) is 21.8. The number of nitrogens with one attached hydrogen (secondary N) is 1. The lowest BCUT2D eigenvalue weighted by Crippen LogP contribution is -2.31. The van der Waals surface area contributed by atoms with E-state index in [0.29, 0.717) is 40.0 Å². The first-order valence-electron chi connectivity index (χ1n) is 12.6. The maximum Gasteiger partial charge on any atom is 0.269 e. The van der Waals surface area contributed by atoms with Gasteiger partial charge in [0.05, 0.1) is 36.4 Å². The van der Waals surface area contributed by atoms with E-state index in [4.69, 9.17) is 9.47 Å². The molecule has 0 fully saturated rings. The summed E-state index contributed by atoms with van der Waals surface area (Å²) < 4.78 is 11.4. The number of hydrogen-bond acceptors (Lipinski definition) is 8. The monoisotopic (exact) mass is 542 g/mol. The van der Waals surface area contributed by atoms with E-state index in [-0.39, 0.29) is 5.56 Å². The molecule has 1 N–H and O–H groups in total. The van der Waals surface area contributed by atoms with Crippen molar-refractivity contribution >= 4 is 28.3 Å². The molecule has 6 aromatic rings. The van der Waals surface area contributed by atoms with Crippen LogP contribution < -0.4 is 19.9 Å². The number of ether oxygens (including phenoxy) is 2. The molecule has 0 radical (unpaired) electrons. The van der Waals surface area contributed by atoms with Crippen molar-refractivity contribution in [3.05, 3.63) is 126 Å². The van der Waals surface area contributed by atoms with Gasteiger partial charge in [0, 0.05) is 41.8 Å². The first-order chi connectivity index (χ1) is 20.1. The summed E-state index contributed by atoms with van der Waals surface area (Å²) >= 11 is 0. The smallest absolute Gasteiger partial charge is 0.269 e. The van der Waals surface area contributed by atoms with Crippen LogP contribution in [0.15, 0.2) is 115 Å². The molecule has 10 heteroatoms. The highest BCUT2D eigenvalue weighted by atomic mass is 16.5. The molecular weight excluding hydrogens is 520 g/mol. The summed E-state index contributed by atoms with van der Waals surface area (Å²) in [6.07, 6.45) is 9.32. The number of rotatable bonds is 7. The Morgan fingerprint density at radius 3 is 2.46 bits per heavy atom. The van der Waals surface area contributed by atoms with Crippen LogP contribution in [-0.4, -0.2) is 37.9 Å². The average molecular weight is 543 g/mol. The van der Waals surface area contributed by atoms with E-state index in [0.717, 1.165) is 10.9 Å². The molecule has 1 amide bonds. The van der Waals surface area contributed by atoms with Gasteiger partial charge in [-0.05, 0) is 48.5 Å². The van der Waals surface area contributed by atoms with Crippen LogP contribution >= 0.6 is 0 Å². The molecule has 0 saturated carbocycles. The van der Waals surface area contributed by atoms with Crippen LogP contribution in [-0.2, 0) is 0 Å². The second-order valence-corrected chi connectivity index (χ2v) is 8.84. The summed E-state index contributed by atoms with van der Waals surface area (Å²) in [6, 6.07) is 21.2. The second-order valence-electron chi connectivity index (χ2n) is 8.84. The number of fused-ring (bicyclic) bond motifs is 1. The molecule has 2 aromatic carbocycles. The molecule has 0 aliphatic heterocycles. The molecule has 0 atom stereocenters. The van der Waals surface area contributed by atoms with E-state index in [1.54, 1.807) is 68.2 Å². The molecule has 0 aliphatic carbocycles. The van der Waals surface area contributed by atoms with Crippen molar-refractivity contribution in [3.63, 3.8) is 0 Å². The van der Waals surface area contributed by atoms with Crippen molar-refractivity contribution in [1.82, 2.24) is 24.9 Å². The zero-order chi connectivity index (χ0) is 28.2. The van der Waals surface area contributed by atoms with E-state index in [1.165, 1.54) is 29.6 Å². The highest BCUT2D eigenvalue weighted by molar-refractivity contribution is 6.10. The predicted molar refractivity (Wildman–Crippen MR) is 154 cm³/mol. The highest BCUT2D eigenvalue weighted by Crippen LogP contribution is 2.32. The summed E-state index contributed by atoms with van der Waals surface area (Å²) in [6.45, 7) is 0. The van der Waals surface area contributed by atoms with E-state index in [1.807, 2.05) is 24.3 Å². The Kier molecular flexibility index (Phi) is 6.85. The van der Waals surface area contributed by atoms with Crippen LogP contribution in [0.1, 0.15) is 10.4 Å². The minimum absolute atomic E-state index is 0.0715. The number of para-hydroxylation sites is 1. The standard InChI is InChI=1S/C31H22N6O4/c1-40-22-7-9-24-26(16-22)33-12-11-28(24)41-23-8-10-29(35-18-23)37(21-5-3-2-4-6-21)31(39)25-15-20(17-36-30(25)38)27-19-32-13-14-34-27/h2-19H,1H3,(H,36,38). The van der Waals surface area contributed by atoms with E-state index >= 15 is 0 Å².